The highest BCUT2D eigenvalue weighted by molar-refractivity contribution is 7.99. The molecule has 0 spiro atoms. The number of benzene rings is 3. The van der Waals surface area contributed by atoms with Gasteiger partial charge in [-0.2, -0.15) is 10.2 Å². The van der Waals surface area contributed by atoms with Crippen molar-refractivity contribution >= 4 is 52.2 Å². The molecule has 2 amide bonds. The van der Waals surface area contributed by atoms with Gasteiger partial charge in [0.15, 0.2) is 11.0 Å². The molecule has 212 valence electrons. The van der Waals surface area contributed by atoms with Crippen LogP contribution in [0.4, 0.5) is 17.1 Å². The summed E-state index contributed by atoms with van der Waals surface area (Å²) in [5.74, 6) is 0.639. The van der Waals surface area contributed by atoms with E-state index in [-0.39, 0.29) is 23.6 Å². The minimum atomic E-state index is -0.369. The largest absolute Gasteiger partial charge is 0.342 e. The second-order valence-corrected chi connectivity index (χ2v) is 11.0. The van der Waals surface area contributed by atoms with Crippen LogP contribution in [-0.2, 0) is 11.3 Å². The smallest absolute Gasteiger partial charge is 0.253 e. The summed E-state index contributed by atoms with van der Waals surface area (Å²) in [7, 11) is 0. The first-order chi connectivity index (χ1) is 19.8. The number of carbonyl (C=O) groups is 2. The van der Waals surface area contributed by atoms with E-state index in [4.69, 9.17) is 11.6 Å². The summed E-state index contributed by atoms with van der Waals surface area (Å²) in [4.78, 5) is 25.7. The number of amides is 2. The Kier molecular flexibility index (Phi) is 10.6. The van der Waals surface area contributed by atoms with Crippen molar-refractivity contribution in [3.8, 4) is 0 Å². The van der Waals surface area contributed by atoms with Gasteiger partial charge in [-0.3, -0.25) is 9.59 Å². The van der Waals surface area contributed by atoms with Gasteiger partial charge in [0.1, 0.15) is 0 Å². The lowest BCUT2D eigenvalue weighted by Gasteiger charge is -2.21. The molecule has 0 saturated heterocycles. The Balaban J connectivity index is 1.38. The van der Waals surface area contributed by atoms with Crippen LogP contribution in [0.5, 0.6) is 0 Å². The molecule has 2 N–H and O–H groups in total. The number of nitrogens with zero attached hydrogens (tertiary/aromatic N) is 5. The quantitative estimate of drug-likeness (QED) is 0.130. The van der Waals surface area contributed by atoms with Crippen molar-refractivity contribution in [1.82, 2.24) is 20.1 Å². The molecule has 0 bridgehead atoms. The summed E-state index contributed by atoms with van der Waals surface area (Å²) in [5.41, 5.74) is 2.51. The van der Waals surface area contributed by atoms with E-state index in [9.17, 15) is 9.59 Å². The van der Waals surface area contributed by atoms with Crippen molar-refractivity contribution in [3.63, 3.8) is 0 Å². The average Bonchev–Trinajstić information content (AvgIpc) is 3.39. The first-order valence-corrected chi connectivity index (χ1v) is 14.7. The summed E-state index contributed by atoms with van der Waals surface area (Å²) in [6, 6.07) is 23.2. The molecule has 41 heavy (non-hydrogen) atoms. The molecular weight excluding hydrogens is 558 g/mol. The molecule has 11 heteroatoms. The third-order valence-corrected chi connectivity index (χ3v) is 7.32. The molecule has 4 aromatic rings. The van der Waals surface area contributed by atoms with Gasteiger partial charge >= 0.3 is 0 Å². The maximum Gasteiger partial charge on any atom is 0.253 e. The third-order valence-electron chi connectivity index (χ3n) is 6.02. The van der Waals surface area contributed by atoms with Crippen molar-refractivity contribution in [3.05, 3.63) is 95.3 Å². The van der Waals surface area contributed by atoms with Gasteiger partial charge in [-0.15, -0.1) is 10.2 Å². The highest BCUT2D eigenvalue weighted by Crippen LogP contribution is 2.26. The van der Waals surface area contributed by atoms with Gasteiger partial charge in [-0.25, -0.2) is 0 Å². The van der Waals surface area contributed by atoms with E-state index >= 15 is 0 Å². The maximum absolute atomic E-state index is 13.0. The molecule has 0 aliphatic rings. The second-order valence-electron chi connectivity index (χ2n) is 9.64. The van der Waals surface area contributed by atoms with Crippen LogP contribution in [0.3, 0.4) is 0 Å². The van der Waals surface area contributed by atoms with Crippen molar-refractivity contribution in [2.24, 2.45) is 16.1 Å². The number of anilines is 1. The van der Waals surface area contributed by atoms with Crippen molar-refractivity contribution in [1.29, 1.82) is 0 Å². The molecule has 9 nitrogen and oxygen atoms in total. The lowest BCUT2D eigenvalue weighted by atomic mass is 10.0. The topological polar surface area (TPSA) is 114 Å². The molecule has 4 rings (SSSR count). The van der Waals surface area contributed by atoms with Crippen LogP contribution in [-0.4, -0.2) is 32.3 Å². The second kappa shape index (κ2) is 14.6. The predicted octanol–water partition coefficient (Wildman–Crippen LogP) is 7.61. The van der Waals surface area contributed by atoms with Crippen LogP contribution < -0.4 is 10.6 Å². The standard InChI is InChI=1S/C30H32ClN7O2S/c1-4-38-28(26(18-20(2)3)33-29(40)24-12-8-9-13-25(24)31)36-37-30(38)41-19-27(39)32-21-14-16-23(17-15-21)35-34-22-10-6-5-7-11-22/h5-17,20,26H,4,18-19H2,1-3H3,(H,32,39)(H,33,40)/t26-/m1/s1. The molecule has 1 aromatic heterocycles. The van der Waals surface area contributed by atoms with Crippen LogP contribution in [0.1, 0.15) is 49.4 Å². The fraction of sp³-hybridized carbons (Fsp3) is 0.267. The molecule has 0 aliphatic carbocycles. The van der Waals surface area contributed by atoms with Crippen LogP contribution in [0, 0.1) is 5.92 Å². The minimum Gasteiger partial charge on any atom is -0.342 e. The molecule has 1 atom stereocenters. The maximum atomic E-state index is 13.0. The number of rotatable bonds is 12. The number of thioether (sulfide) groups is 1. The summed E-state index contributed by atoms with van der Waals surface area (Å²) in [6.45, 7) is 6.73. The highest BCUT2D eigenvalue weighted by atomic mass is 35.5. The Morgan fingerprint density at radius 3 is 2.24 bits per heavy atom. The zero-order valence-corrected chi connectivity index (χ0v) is 24.7. The van der Waals surface area contributed by atoms with Crippen molar-refractivity contribution in [2.45, 2.75) is 44.9 Å². The number of aromatic nitrogens is 3. The highest BCUT2D eigenvalue weighted by Gasteiger charge is 2.25. The van der Waals surface area contributed by atoms with Crippen molar-refractivity contribution < 1.29 is 9.59 Å². The zero-order valence-electron chi connectivity index (χ0n) is 23.1. The minimum absolute atomic E-state index is 0.147. The first kappa shape index (κ1) is 30.0. The molecule has 0 radical (unpaired) electrons. The van der Waals surface area contributed by atoms with Gasteiger partial charge in [0, 0.05) is 12.2 Å². The van der Waals surface area contributed by atoms with Crippen LogP contribution in [0.25, 0.3) is 0 Å². The average molecular weight is 590 g/mol. The van der Waals surface area contributed by atoms with E-state index in [2.05, 4.69) is 44.9 Å². The lowest BCUT2D eigenvalue weighted by Crippen LogP contribution is -2.31. The number of azo groups is 1. The summed E-state index contributed by atoms with van der Waals surface area (Å²) >= 11 is 7.54. The van der Waals surface area contributed by atoms with Crippen LogP contribution in [0.15, 0.2) is 94.2 Å². The van der Waals surface area contributed by atoms with Gasteiger partial charge in [-0.1, -0.05) is 67.5 Å². The van der Waals surface area contributed by atoms with Crippen LogP contribution >= 0.6 is 23.4 Å². The van der Waals surface area contributed by atoms with Crippen molar-refractivity contribution in [2.75, 3.05) is 11.1 Å². The predicted molar refractivity (Wildman–Crippen MR) is 163 cm³/mol. The fourth-order valence-electron chi connectivity index (χ4n) is 4.09. The molecule has 0 unspecified atom stereocenters. The Bertz CT molecular complexity index is 1490. The summed E-state index contributed by atoms with van der Waals surface area (Å²) in [5, 5.41) is 24.2. The van der Waals surface area contributed by atoms with Gasteiger partial charge in [0.05, 0.1) is 33.8 Å². The van der Waals surface area contributed by atoms with E-state index in [0.29, 0.717) is 51.8 Å². The zero-order chi connectivity index (χ0) is 29.2. The lowest BCUT2D eigenvalue weighted by molar-refractivity contribution is -0.113. The Labute approximate surface area is 248 Å². The first-order valence-electron chi connectivity index (χ1n) is 13.3. The van der Waals surface area contributed by atoms with Gasteiger partial charge in [-0.05, 0) is 67.8 Å². The number of carbonyl (C=O) groups excluding carboxylic acids is 2. The fourth-order valence-corrected chi connectivity index (χ4v) is 5.12. The summed E-state index contributed by atoms with van der Waals surface area (Å²) < 4.78 is 1.93. The molecular formula is C30H32ClN7O2S. The van der Waals surface area contributed by atoms with Gasteiger partial charge in [0.2, 0.25) is 5.91 Å². The molecule has 0 saturated carbocycles. The monoisotopic (exact) mass is 589 g/mol. The van der Waals surface area contributed by atoms with E-state index in [1.165, 1.54) is 11.8 Å². The normalized spacial score (nSPS) is 12.0. The SMILES string of the molecule is CCn1c(SCC(=O)Nc2ccc(N=Nc3ccccc3)cc2)nnc1[C@@H](CC(C)C)NC(=O)c1ccccc1Cl. The molecule has 3 aromatic carbocycles. The summed E-state index contributed by atoms with van der Waals surface area (Å²) in [6.07, 6.45) is 0.667. The van der Waals surface area contributed by atoms with E-state index in [1.54, 1.807) is 48.5 Å². The molecule has 0 aliphatic heterocycles. The number of halogens is 1. The third kappa shape index (κ3) is 8.48. The van der Waals surface area contributed by atoms with Gasteiger partial charge < -0.3 is 15.2 Å². The van der Waals surface area contributed by atoms with Gasteiger partial charge in [0.25, 0.3) is 5.91 Å². The van der Waals surface area contributed by atoms with Crippen LogP contribution in [0.2, 0.25) is 5.02 Å². The van der Waals surface area contributed by atoms with E-state index in [0.717, 1.165) is 5.69 Å². The Hall–Kier alpha value is -4.02. The molecule has 0 fully saturated rings. The molecule has 1 heterocycles. The Morgan fingerprint density at radius 1 is 0.927 bits per heavy atom. The van der Waals surface area contributed by atoms with E-state index < -0.39 is 0 Å². The number of hydrogen-bond donors (Lipinski definition) is 2. The number of nitrogens with one attached hydrogen (secondary N) is 2. The van der Waals surface area contributed by atoms with E-state index in [1.807, 2.05) is 41.8 Å². The Morgan fingerprint density at radius 2 is 1.59 bits per heavy atom. The number of hydrogen-bond acceptors (Lipinski definition) is 7.